The van der Waals surface area contributed by atoms with Gasteiger partial charge in [0, 0.05) is 0 Å². The largest absolute Gasteiger partial charge is 0.471 e. The molecule has 0 amide bonds. The molecule has 73 valence electrons. The van der Waals surface area contributed by atoms with Crippen LogP contribution in [0.3, 0.4) is 0 Å². The molecule has 2 aromatic carbocycles. The van der Waals surface area contributed by atoms with E-state index in [0.29, 0.717) is 6.61 Å². The number of nitrogens with zero attached hydrogens (tertiary/aromatic N) is 1. The molecule has 2 heteroatoms. The van der Waals surface area contributed by atoms with E-state index in [1.807, 2.05) is 6.07 Å². The third kappa shape index (κ3) is 1.38. The molecule has 0 saturated carbocycles. The highest BCUT2D eigenvalue weighted by molar-refractivity contribution is 5.86. The normalized spacial score (nSPS) is 19.3. The van der Waals surface area contributed by atoms with Crippen LogP contribution in [0.4, 0.5) is 0 Å². The van der Waals surface area contributed by atoms with Crippen molar-refractivity contribution in [2.75, 3.05) is 6.61 Å². The van der Waals surface area contributed by atoms with Crippen LogP contribution in [0.15, 0.2) is 47.5 Å². The third-order valence-electron chi connectivity index (χ3n) is 2.70. The lowest BCUT2D eigenvalue weighted by molar-refractivity contribution is 0.331. The number of rotatable bonds is 1. The second kappa shape index (κ2) is 3.39. The predicted octanol–water partition coefficient (Wildman–Crippen LogP) is 2.82. The maximum Gasteiger partial charge on any atom is 0.273 e. The molecule has 2 aromatic rings. The molecule has 1 atom stereocenters. The standard InChI is InChI=1S/C13H10NO/c1-2-6-11-10(4-1)5-3-7-12(11)13-8-15-9-14-13/h1-7,13H,8H2. The van der Waals surface area contributed by atoms with E-state index in [4.69, 9.17) is 4.74 Å². The summed E-state index contributed by atoms with van der Waals surface area (Å²) < 4.78 is 5.04. The molecule has 1 unspecified atom stereocenters. The predicted molar refractivity (Wildman–Crippen MR) is 60.1 cm³/mol. The van der Waals surface area contributed by atoms with Crippen molar-refractivity contribution < 1.29 is 4.74 Å². The van der Waals surface area contributed by atoms with Gasteiger partial charge < -0.3 is 4.74 Å². The van der Waals surface area contributed by atoms with E-state index >= 15 is 0 Å². The topological polar surface area (TPSA) is 21.6 Å². The molecule has 1 radical (unpaired) electrons. The Hall–Kier alpha value is -1.83. The van der Waals surface area contributed by atoms with E-state index in [2.05, 4.69) is 47.8 Å². The molecular formula is C13H10NO. The van der Waals surface area contributed by atoms with Crippen LogP contribution in [0.2, 0.25) is 0 Å². The number of fused-ring (bicyclic) bond motifs is 1. The van der Waals surface area contributed by atoms with Gasteiger partial charge in [-0.15, -0.1) is 0 Å². The summed E-state index contributed by atoms with van der Waals surface area (Å²) in [5.74, 6) is 0. The average molecular weight is 196 g/mol. The molecule has 0 spiro atoms. The van der Waals surface area contributed by atoms with Crippen molar-refractivity contribution in [1.82, 2.24) is 0 Å². The third-order valence-corrected chi connectivity index (χ3v) is 2.70. The van der Waals surface area contributed by atoms with Crippen LogP contribution < -0.4 is 0 Å². The summed E-state index contributed by atoms with van der Waals surface area (Å²) in [6.07, 6.45) is 2.56. The molecule has 2 nitrogen and oxygen atoms in total. The van der Waals surface area contributed by atoms with Gasteiger partial charge in [0.1, 0.15) is 12.6 Å². The van der Waals surface area contributed by atoms with Crippen molar-refractivity contribution in [3.05, 3.63) is 48.0 Å². The van der Waals surface area contributed by atoms with Crippen molar-refractivity contribution in [2.24, 2.45) is 4.99 Å². The zero-order valence-electron chi connectivity index (χ0n) is 8.18. The van der Waals surface area contributed by atoms with Crippen molar-refractivity contribution in [1.29, 1.82) is 0 Å². The summed E-state index contributed by atoms with van der Waals surface area (Å²) in [6, 6.07) is 14.7. The Labute approximate surface area is 88.2 Å². The Morgan fingerprint density at radius 2 is 2.00 bits per heavy atom. The van der Waals surface area contributed by atoms with Gasteiger partial charge in [0.25, 0.3) is 6.40 Å². The number of aliphatic imine (C=N–C) groups is 1. The van der Waals surface area contributed by atoms with Crippen LogP contribution in [-0.2, 0) is 4.74 Å². The SMILES string of the molecule is [C]1=NC(c2cccc3ccccc23)CO1. The molecule has 0 N–H and O–H groups in total. The smallest absolute Gasteiger partial charge is 0.273 e. The van der Waals surface area contributed by atoms with E-state index < -0.39 is 0 Å². The summed E-state index contributed by atoms with van der Waals surface area (Å²) in [4.78, 5) is 4.18. The van der Waals surface area contributed by atoms with Gasteiger partial charge in [-0.1, -0.05) is 42.5 Å². The van der Waals surface area contributed by atoms with Crippen molar-refractivity contribution >= 4 is 17.2 Å². The first-order chi connectivity index (χ1) is 7.45. The average Bonchev–Trinajstić information content (AvgIpc) is 2.82. The van der Waals surface area contributed by atoms with Crippen LogP contribution >= 0.6 is 0 Å². The summed E-state index contributed by atoms with van der Waals surface area (Å²) in [6.45, 7) is 0.605. The Morgan fingerprint density at radius 3 is 2.87 bits per heavy atom. The van der Waals surface area contributed by atoms with E-state index in [-0.39, 0.29) is 6.04 Å². The molecule has 0 aliphatic carbocycles. The summed E-state index contributed by atoms with van der Waals surface area (Å²) in [7, 11) is 0. The van der Waals surface area contributed by atoms with Crippen molar-refractivity contribution in [2.45, 2.75) is 6.04 Å². The maximum absolute atomic E-state index is 5.04. The molecule has 0 fully saturated rings. The Bertz CT molecular complexity index is 513. The van der Waals surface area contributed by atoms with Crippen LogP contribution in [0.1, 0.15) is 11.6 Å². The van der Waals surface area contributed by atoms with E-state index in [1.165, 1.54) is 16.3 Å². The lowest BCUT2D eigenvalue weighted by Gasteiger charge is -2.09. The van der Waals surface area contributed by atoms with Crippen LogP contribution in [-0.4, -0.2) is 13.0 Å². The van der Waals surface area contributed by atoms with Gasteiger partial charge in [0.15, 0.2) is 0 Å². The van der Waals surface area contributed by atoms with Crippen molar-refractivity contribution in [3.8, 4) is 0 Å². The highest BCUT2D eigenvalue weighted by Crippen LogP contribution is 2.28. The first-order valence-electron chi connectivity index (χ1n) is 4.99. The fraction of sp³-hybridized carbons (Fsp3) is 0.154. The summed E-state index contributed by atoms with van der Waals surface area (Å²) in [5, 5.41) is 2.50. The molecule has 15 heavy (non-hydrogen) atoms. The summed E-state index contributed by atoms with van der Waals surface area (Å²) in [5.41, 5.74) is 1.22. The molecular weight excluding hydrogens is 186 g/mol. The second-order valence-corrected chi connectivity index (χ2v) is 3.62. The monoisotopic (exact) mass is 196 g/mol. The zero-order valence-corrected chi connectivity index (χ0v) is 8.18. The van der Waals surface area contributed by atoms with Gasteiger partial charge in [0.05, 0.1) is 0 Å². The Morgan fingerprint density at radius 1 is 1.13 bits per heavy atom. The van der Waals surface area contributed by atoms with Gasteiger partial charge in [0.2, 0.25) is 0 Å². The molecule has 1 aliphatic rings. The summed E-state index contributed by atoms with van der Waals surface area (Å²) >= 11 is 0. The van der Waals surface area contributed by atoms with E-state index in [1.54, 1.807) is 0 Å². The van der Waals surface area contributed by atoms with Gasteiger partial charge >= 0.3 is 0 Å². The molecule has 1 aliphatic heterocycles. The lowest BCUT2D eigenvalue weighted by atomic mass is 10.00. The lowest BCUT2D eigenvalue weighted by Crippen LogP contribution is -1.97. The molecule has 3 rings (SSSR count). The number of benzene rings is 2. The molecule has 0 saturated heterocycles. The Balaban J connectivity index is 2.21. The first-order valence-corrected chi connectivity index (χ1v) is 4.99. The second-order valence-electron chi connectivity index (χ2n) is 3.62. The molecule has 0 aromatic heterocycles. The maximum atomic E-state index is 5.04. The van der Waals surface area contributed by atoms with Crippen LogP contribution in [0, 0.1) is 0 Å². The van der Waals surface area contributed by atoms with Crippen LogP contribution in [0.25, 0.3) is 10.8 Å². The van der Waals surface area contributed by atoms with Crippen molar-refractivity contribution in [3.63, 3.8) is 0 Å². The quantitative estimate of drug-likeness (QED) is 0.687. The van der Waals surface area contributed by atoms with Gasteiger partial charge in [-0.05, 0) is 16.3 Å². The minimum atomic E-state index is 0.108. The van der Waals surface area contributed by atoms with E-state index in [9.17, 15) is 0 Å². The zero-order chi connectivity index (χ0) is 10.1. The van der Waals surface area contributed by atoms with Gasteiger partial charge in [-0.3, -0.25) is 0 Å². The minimum absolute atomic E-state index is 0.108. The van der Waals surface area contributed by atoms with E-state index in [0.717, 1.165) is 0 Å². The van der Waals surface area contributed by atoms with Gasteiger partial charge in [-0.2, -0.15) is 0 Å². The number of ether oxygens (including phenoxy) is 1. The highest BCUT2D eigenvalue weighted by atomic mass is 16.5. The Kier molecular flexibility index (Phi) is 1.91. The fourth-order valence-electron chi connectivity index (χ4n) is 1.95. The van der Waals surface area contributed by atoms with Crippen LogP contribution in [0.5, 0.6) is 0 Å². The first kappa shape index (κ1) is 8.48. The number of hydrogen-bond acceptors (Lipinski definition) is 2. The molecule has 1 heterocycles. The number of hydrogen-bond donors (Lipinski definition) is 0. The van der Waals surface area contributed by atoms with Gasteiger partial charge in [-0.25, -0.2) is 4.99 Å². The fourth-order valence-corrected chi connectivity index (χ4v) is 1.95. The highest BCUT2D eigenvalue weighted by Gasteiger charge is 2.16. The minimum Gasteiger partial charge on any atom is -0.471 e. The molecule has 0 bridgehead atoms.